The summed E-state index contributed by atoms with van der Waals surface area (Å²) in [5, 5.41) is 2.92. The number of fused-ring (bicyclic) bond motifs is 1. The fourth-order valence-corrected chi connectivity index (χ4v) is 4.47. The molecular weight excluding hydrogens is 424 g/mol. The van der Waals surface area contributed by atoms with E-state index in [4.69, 9.17) is 4.74 Å². The molecule has 0 spiro atoms. The van der Waals surface area contributed by atoms with Crippen LogP contribution in [0.4, 0.5) is 5.69 Å². The summed E-state index contributed by atoms with van der Waals surface area (Å²) in [7, 11) is 0. The van der Waals surface area contributed by atoms with Crippen molar-refractivity contribution in [3.63, 3.8) is 0 Å². The number of carbonyl (C=O) groups excluding carboxylic acids is 2. The number of benzene rings is 3. The molecule has 0 aromatic heterocycles. The minimum Gasteiger partial charge on any atom is -0.481 e. The monoisotopic (exact) mass is 456 g/mol. The zero-order valence-electron chi connectivity index (χ0n) is 20.3. The van der Waals surface area contributed by atoms with Gasteiger partial charge < -0.3 is 15.0 Å². The van der Waals surface area contributed by atoms with E-state index in [1.165, 1.54) is 11.1 Å². The van der Waals surface area contributed by atoms with Crippen molar-refractivity contribution in [2.24, 2.45) is 0 Å². The van der Waals surface area contributed by atoms with Crippen LogP contribution in [0.2, 0.25) is 0 Å². The van der Waals surface area contributed by atoms with Crippen molar-refractivity contribution in [2.75, 3.05) is 11.9 Å². The molecule has 0 unspecified atom stereocenters. The minimum absolute atomic E-state index is 0.133. The van der Waals surface area contributed by atoms with E-state index >= 15 is 0 Å². The van der Waals surface area contributed by atoms with E-state index in [1.54, 1.807) is 6.92 Å². The number of amides is 2. The molecule has 1 N–H and O–H groups in total. The van der Waals surface area contributed by atoms with Gasteiger partial charge in [-0.2, -0.15) is 0 Å². The van der Waals surface area contributed by atoms with Crippen LogP contribution in [0.25, 0.3) is 0 Å². The Kier molecular flexibility index (Phi) is 7.01. The maximum absolute atomic E-state index is 12.8. The highest BCUT2D eigenvalue weighted by molar-refractivity contribution is 5.94. The molecule has 0 fully saturated rings. The van der Waals surface area contributed by atoms with Crippen LogP contribution in [-0.4, -0.2) is 29.4 Å². The number of ether oxygens (including phenoxy) is 1. The largest absolute Gasteiger partial charge is 0.481 e. The van der Waals surface area contributed by atoms with E-state index in [0.717, 1.165) is 28.8 Å². The molecule has 1 aliphatic heterocycles. The standard InChI is InChI=1S/C29H32N2O3/c1-5-27(32)31-16-15-22-13-14-25(18-26(22)28(31)23-11-9-19(2)10-12-23)34-21(4)29(33)30-24-8-6-7-20(3)17-24/h6-14,17-18,21,28H,5,15-16H2,1-4H3,(H,30,33)/t21-,28+/m1/s1. The topological polar surface area (TPSA) is 58.6 Å². The van der Waals surface area contributed by atoms with Crippen LogP contribution in [0.1, 0.15) is 54.1 Å². The number of hydrogen-bond acceptors (Lipinski definition) is 3. The molecule has 0 saturated heterocycles. The molecule has 5 nitrogen and oxygen atoms in total. The van der Waals surface area contributed by atoms with E-state index < -0.39 is 6.10 Å². The quantitative estimate of drug-likeness (QED) is 0.526. The van der Waals surface area contributed by atoms with Crippen molar-refractivity contribution >= 4 is 17.5 Å². The lowest BCUT2D eigenvalue weighted by Crippen LogP contribution is -2.40. The summed E-state index contributed by atoms with van der Waals surface area (Å²) in [6.07, 6.45) is 0.588. The third-order valence-corrected chi connectivity index (χ3v) is 6.33. The molecule has 3 aromatic rings. The first-order chi connectivity index (χ1) is 16.4. The molecule has 2 amide bonds. The van der Waals surface area contributed by atoms with Gasteiger partial charge in [-0.15, -0.1) is 0 Å². The van der Waals surface area contributed by atoms with Gasteiger partial charge in [-0.3, -0.25) is 9.59 Å². The Morgan fingerprint density at radius 1 is 1.03 bits per heavy atom. The molecule has 2 atom stereocenters. The van der Waals surface area contributed by atoms with Gasteiger partial charge in [-0.05, 0) is 73.7 Å². The fraction of sp³-hybridized carbons (Fsp3) is 0.310. The average Bonchev–Trinajstić information content (AvgIpc) is 2.83. The molecular formula is C29H32N2O3. The fourth-order valence-electron chi connectivity index (χ4n) is 4.47. The number of rotatable bonds is 6. The summed E-state index contributed by atoms with van der Waals surface area (Å²) >= 11 is 0. The van der Waals surface area contributed by atoms with Crippen LogP contribution >= 0.6 is 0 Å². The Morgan fingerprint density at radius 3 is 2.50 bits per heavy atom. The molecule has 3 aromatic carbocycles. The predicted molar refractivity (Wildman–Crippen MR) is 135 cm³/mol. The highest BCUT2D eigenvalue weighted by Gasteiger charge is 2.32. The van der Waals surface area contributed by atoms with Crippen molar-refractivity contribution in [1.82, 2.24) is 4.90 Å². The van der Waals surface area contributed by atoms with Gasteiger partial charge in [-0.25, -0.2) is 0 Å². The summed E-state index contributed by atoms with van der Waals surface area (Å²) in [4.78, 5) is 27.5. The Bertz CT molecular complexity index is 1190. The Morgan fingerprint density at radius 2 is 1.79 bits per heavy atom. The van der Waals surface area contributed by atoms with Gasteiger partial charge in [0.15, 0.2) is 6.10 Å². The number of anilines is 1. The van der Waals surface area contributed by atoms with Crippen LogP contribution in [0, 0.1) is 13.8 Å². The van der Waals surface area contributed by atoms with Crippen molar-refractivity contribution in [3.8, 4) is 5.75 Å². The third-order valence-electron chi connectivity index (χ3n) is 6.33. The van der Waals surface area contributed by atoms with Gasteiger partial charge in [0.1, 0.15) is 5.75 Å². The van der Waals surface area contributed by atoms with E-state index in [0.29, 0.717) is 18.7 Å². The normalized spacial score (nSPS) is 15.9. The molecule has 1 aliphatic rings. The van der Waals surface area contributed by atoms with Crippen molar-refractivity contribution in [3.05, 3.63) is 94.5 Å². The summed E-state index contributed by atoms with van der Waals surface area (Å²) in [5.74, 6) is 0.545. The first-order valence-corrected chi connectivity index (χ1v) is 11.9. The van der Waals surface area contributed by atoms with E-state index in [-0.39, 0.29) is 17.9 Å². The second kappa shape index (κ2) is 10.1. The van der Waals surface area contributed by atoms with Gasteiger partial charge in [0.05, 0.1) is 6.04 Å². The molecule has 0 saturated carbocycles. The van der Waals surface area contributed by atoms with E-state index in [2.05, 4.69) is 42.6 Å². The van der Waals surface area contributed by atoms with Crippen LogP contribution in [0.15, 0.2) is 66.7 Å². The number of carbonyl (C=O) groups is 2. The minimum atomic E-state index is -0.673. The zero-order chi connectivity index (χ0) is 24.2. The van der Waals surface area contributed by atoms with E-state index in [9.17, 15) is 9.59 Å². The summed E-state index contributed by atoms with van der Waals surface area (Å²) in [5.41, 5.74) is 6.35. The molecule has 5 heteroatoms. The van der Waals surface area contributed by atoms with Gasteiger partial charge in [0, 0.05) is 18.7 Å². The molecule has 1 heterocycles. The SMILES string of the molecule is CCC(=O)N1CCc2ccc(O[C@H](C)C(=O)Nc3cccc(C)c3)cc2[C@@H]1c1ccc(C)cc1. The second-order valence-corrected chi connectivity index (χ2v) is 8.98. The van der Waals surface area contributed by atoms with Gasteiger partial charge in [-0.1, -0.05) is 55.0 Å². The lowest BCUT2D eigenvalue weighted by molar-refractivity contribution is -0.133. The molecule has 0 aliphatic carbocycles. The number of nitrogens with zero attached hydrogens (tertiary/aromatic N) is 1. The summed E-state index contributed by atoms with van der Waals surface area (Å²) in [6.45, 7) is 8.38. The highest BCUT2D eigenvalue weighted by atomic mass is 16.5. The summed E-state index contributed by atoms with van der Waals surface area (Å²) < 4.78 is 6.05. The smallest absolute Gasteiger partial charge is 0.265 e. The zero-order valence-corrected chi connectivity index (χ0v) is 20.3. The van der Waals surface area contributed by atoms with E-state index in [1.807, 2.05) is 55.1 Å². The molecule has 34 heavy (non-hydrogen) atoms. The van der Waals surface area contributed by atoms with Gasteiger partial charge in [0.2, 0.25) is 5.91 Å². The summed E-state index contributed by atoms with van der Waals surface area (Å²) in [6, 6.07) is 21.8. The van der Waals surface area contributed by atoms with Crippen molar-refractivity contribution < 1.29 is 14.3 Å². The molecule has 176 valence electrons. The number of aryl methyl sites for hydroxylation is 2. The van der Waals surface area contributed by atoms with Crippen molar-refractivity contribution in [1.29, 1.82) is 0 Å². The Hall–Kier alpha value is -3.60. The molecule has 4 rings (SSSR count). The maximum Gasteiger partial charge on any atom is 0.265 e. The first kappa shape index (κ1) is 23.6. The first-order valence-electron chi connectivity index (χ1n) is 11.9. The highest BCUT2D eigenvalue weighted by Crippen LogP contribution is 2.37. The van der Waals surface area contributed by atoms with Crippen LogP contribution in [-0.2, 0) is 16.0 Å². The molecule has 0 radical (unpaired) electrons. The van der Waals surface area contributed by atoms with Crippen molar-refractivity contribution in [2.45, 2.75) is 52.7 Å². The Labute approximate surface area is 201 Å². The predicted octanol–water partition coefficient (Wildman–Crippen LogP) is 5.59. The van der Waals surface area contributed by atoms with Crippen LogP contribution < -0.4 is 10.1 Å². The lowest BCUT2D eigenvalue weighted by Gasteiger charge is -2.38. The number of nitrogens with one attached hydrogen (secondary N) is 1. The second-order valence-electron chi connectivity index (χ2n) is 8.98. The molecule has 0 bridgehead atoms. The average molecular weight is 457 g/mol. The lowest BCUT2D eigenvalue weighted by atomic mass is 9.87. The van der Waals surface area contributed by atoms with Gasteiger partial charge >= 0.3 is 0 Å². The van der Waals surface area contributed by atoms with Crippen LogP contribution in [0.5, 0.6) is 5.75 Å². The van der Waals surface area contributed by atoms with Gasteiger partial charge in [0.25, 0.3) is 5.91 Å². The number of hydrogen-bond donors (Lipinski definition) is 1. The third kappa shape index (κ3) is 5.14. The van der Waals surface area contributed by atoms with Crippen LogP contribution in [0.3, 0.4) is 0 Å². The maximum atomic E-state index is 12.8. The Balaban J connectivity index is 1.60.